The summed E-state index contributed by atoms with van der Waals surface area (Å²) in [5.41, 5.74) is 0. The van der Waals surface area contributed by atoms with E-state index >= 15 is 0 Å². The number of rotatable bonds is 2. The van der Waals surface area contributed by atoms with E-state index in [0.717, 1.165) is 19.3 Å². The van der Waals surface area contributed by atoms with Gasteiger partial charge in [-0.25, -0.2) is 0 Å². The minimum atomic E-state index is -4.13. The second kappa shape index (κ2) is 6.07. The average molecular weight is 290 g/mol. The van der Waals surface area contributed by atoms with Gasteiger partial charge in [-0.15, -0.1) is 0 Å². The first-order valence-electron chi connectivity index (χ1n) is 7.89. The Bertz CT molecular complexity index is 350. The van der Waals surface area contributed by atoms with Crippen LogP contribution in [-0.2, 0) is 4.79 Å². The Kier molecular flexibility index (Phi) is 4.80. The zero-order valence-corrected chi connectivity index (χ0v) is 12.4. The summed E-state index contributed by atoms with van der Waals surface area (Å²) in [6, 6.07) is 0. The number of hydrogen-bond acceptors (Lipinski definition) is 1. The molecule has 2 aliphatic rings. The van der Waals surface area contributed by atoms with Gasteiger partial charge in [0.2, 0.25) is 0 Å². The van der Waals surface area contributed by atoms with Crippen molar-refractivity contribution in [1.29, 1.82) is 0 Å². The summed E-state index contributed by atoms with van der Waals surface area (Å²) in [5.74, 6) is -0.324. The van der Waals surface area contributed by atoms with Crippen LogP contribution in [0.2, 0.25) is 0 Å². The normalized spacial score (nSPS) is 39.5. The highest BCUT2D eigenvalue weighted by atomic mass is 19.4. The Morgan fingerprint density at radius 1 is 0.900 bits per heavy atom. The van der Waals surface area contributed by atoms with Crippen molar-refractivity contribution in [2.24, 2.45) is 29.6 Å². The predicted molar refractivity (Wildman–Crippen MR) is 72.2 cm³/mol. The molecule has 0 radical (unpaired) electrons. The van der Waals surface area contributed by atoms with Crippen molar-refractivity contribution in [3.63, 3.8) is 0 Å². The fourth-order valence-electron chi connectivity index (χ4n) is 3.88. The van der Waals surface area contributed by atoms with Crippen molar-refractivity contribution < 1.29 is 18.0 Å². The maximum atomic E-state index is 12.8. The first-order chi connectivity index (χ1) is 9.29. The molecule has 0 amide bonds. The lowest BCUT2D eigenvalue weighted by atomic mass is 9.69. The minimum absolute atomic E-state index is 0.0122. The number of alkyl halides is 3. The first kappa shape index (κ1) is 15.8. The predicted octanol–water partition coefficient (Wildman–Crippen LogP) is 5.00. The van der Waals surface area contributed by atoms with E-state index in [4.69, 9.17) is 0 Å². The molecule has 2 saturated carbocycles. The molecule has 20 heavy (non-hydrogen) atoms. The van der Waals surface area contributed by atoms with E-state index in [1.54, 1.807) is 0 Å². The Balaban J connectivity index is 1.95. The van der Waals surface area contributed by atoms with Crippen LogP contribution in [-0.4, -0.2) is 12.0 Å². The summed E-state index contributed by atoms with van der Waals surface area (Å²) < 4.78 is 38.5. The Morgan fingerprint density at radius 2 is 1.55 bits per heavy atom. The molecule has 0 aromatic rings. The summed E-state index contributed by atoms with van der Waals surface area (Å²) >= 11 is 0. The molecule has 0 aromatic carbocycles. The van der Waals surface area contributed by atoms with Gasteiger partial charge >= 0.3 is 6.18 Å². The lowest BCUT2D eigenvalue weighted by molar-refractivity contribution is -0.186. The van der Waals surface area contributed by atoms with Gasteiger partial charge in [-0.2, -0.15) is 13.2 Å². The van der Waals surface area contributed by atoms with Crippen molar-refractivity contribution in [3.05, 3.63) is 0 Å². The van der Waals surface area contributed by atoms with Gasteiger partial charge in [0, 0.05) is 11.8 Å². The summed E-state index contributed by atoms with van der Waals surface area (Å²) in [4.78, 5) is 12.5. The molecular formula is C16H25F3O. The van der Waals surface area contributed by atoms with Crippen molar-refractivity contribution in [2.45, 2.75) is 65.0 Å². The van der Waals surface area contributed by atoms with Crippen molar-refractivity contribution in [3.8, 4) is 0 Å². The number of carbonyl (C=O) groups excluding carboxylic acids is 1. The van der Waals surface area contributed by atoms with E-state index in [-0.39, 0.29) is 30.5 Å². The molecule has 5 unspecified atom stereocenters. The summed E-state index contributed by atoms with van der Waals surface area (Å²) in [5, 5.41) is 0. The van der Waals surface area contributed by atoms with Gasteiger partial charge in [-0.05, 0) is 50.4 Å². The van der Waals surface area contributed by atoms with Crippen LogP contribution in [0.3, 0.4) is 0 Å². The lowest BCUT2D eigenvalue weighted by Gasteiger charge is -2.35. The second-order valence-electron chi connectivity index (χ2n) is 6.97. The molecule has 0 spiro atoms. The Hall–Kier alpha value is -0.540. The molecule has 0 aromatic heterocycles. The van der Waals surface area contributed by atoms with Gasteiger partial charge < -0.3 is 0 Å². The van der Waals surface area contributed by atoms with Gasteiger partial charge in [0.25, 0.3) is 0 Å². The zero-order chi connectivity index (χ0) is 14.9. The maximum Gasteiger partial charge on any atom is 0.391 e. The molecule has 0 saturated heterocycles. The highest BCUT2D eigenvalue weighted by molar-refractivity contribution is 5.83. The highest BCUT2D eigenvalue weighted by Crippen LogP contribution is 2.43. The lowest BCUT2D eigenvalue weighted by Crippen LogP contribution is -2.36. The molecule has 1 nitrogen and oxygen atoms in total. The van der Waals surface area contributed by atoms with Crippen LogP contribution < -0.4 is 0 Å². The van der Waals surface area contributed by atoms with Crippen molar-refractivity contribution in [1.82, 2.24) is 0 Å². The van der Waals surface area contributed by atoms with E-state index in [1.165, 1.54) is 0 Å². The third-order valence-corrected chi connectivity index (χ3v) is 5.54. The second-order valence-corrected chi connectivity index (χ2v) is 6.97. The molecule has 2 aliphatic carbocycles. The molecule has 0 heterocycles. The smallest absolute Gasteiger partial charge is 0.299 e. The fraction of sp³-hybridized carbons (Fsp3) is 0.938. The Morgan fingerprint density at radius 3 is 2.15 bits per heavy atom. The molecule has 2 rings (SSSR count). The topological polar surface area (TPSA) is 17.1 Å². The van der Waals surface area contributed by atoms with Gasteiger partial charge in [0.15, 0.2) is 0 Å². The van der Waals surface area contributed by atoms with Crippen LogP contribution in [0.5, 0.6) is 0 Å². The van der Waals surface area contributed by atoms with E-state index in [9.17, 15) is 18.0 Å². The van der Waals surface area contributed by atoms with Crippen LogP contribution in [0.15, 0.2) is 0 Å². The SMILES string of the molecule is CC1CCC(C(=O)C2CCCC(C(F)(F)F)C2)CC1C. The first-order valence-corrected chi connectivity index (χ1v) is 7.89. The van der Waals surface area contributed by atoms with Crippen molar-refractivity contribution >= 4 is 5.78 Å². The van der Waals surface area contributed by atoms with Crippen LogP contribution >= 0.6 is 0 Å². The third kappa shape index (κ3) is 3.56. The van der Waals surface area contributed by atoms with Crippen LogP contribution in [0, 0.1) is 29.6 Å². The van der Waals surface area contributed by atoms with E-state index < -0.39 is 12.1 Å². The quantitative estimate of drug-likeness (QED) is 0.699. The van der Waals surface area contributed by atoms with E-state index in [1.807, 2.05) is 0 Å². The third-order valence-electron chi connectivity index (χ3n) is 5.54. The average Bonchev–Trinajstić information content (AvgIpc) is 2.40. The molecule has 2 fully saturated rings. The molecule has 0 bridgehead atoms. The van der Waals surface area contributed by atoms with Gasteiger partial charge in [0.1, 0.15) is 5.78 Å². The highest BCUT2D eigenvalue weighted by Gasteiger charge is 2.44. The van der Waals surface area contributed by atoms with E-state index in [0.29, 0.717) is 24.7 Å². The summed E-state index contributed by atoms with van der Waals surface area (Å²) in [7, 11) is 0. The van der Waals surface area contributed by atoms with Crippen LogP contribution in [0.4, 0.5) is 13.2 Å². The number of ketones is 1. The number of Topliss-reactive ketones (excluding diaryl/α,β-unsaturated/α-hetero) is 1. The molecule has 5 atom stereocenters. The molecule has 0 N–H and O–H groups in total. The number of carbonyl (C=O) groups is 1. The minimum Gasteiger partial charge on any atom is -0.299 e. The van der Waals surface area contributed by atoms with Gasteiger partial charge in [-0.3, -0.25) is 4.79 Å². The molecule has 4 heteroatoms. The van der Waals surface area contributed by atoms with Crippen LogP contribution in [0.1, 0.15) is 58.8 Å². The van der Waals surface area contributed by atoms with Crippen molar-refractivity contribution in [2.75, 3.05) is 0 Å². The maximum absolute atomic E-state index is 12.8. The van der Waals surface area contributed by atoms with Crippen LogP contribution in [0.25, 0.3) is 0 Å². The number of halogens is 3. The van der Waals surface area contributed by atoms with E-state index in [2.05, 4.69) is 13.8 Å². The molecule has 116 valence electrons. The summed E-state index contributed by atoms with van der Waals surface area (Å²) in [6.07, 6.45) is 0.0737. The standard InChI is InChI=1S/C16H25F3O/c1-10-6-7-13(8-11(10)2)15(20)12-4-3-5-14(9-12)16(17,18)19/h10-14H,3-9H2,1-2H3. The number of hydrogen-bond donors (Lipinski definition) is 0. The van der Waals surface area contributed by atoms with Gasteiger partial charge in [0.05, 0.1) is 5.92 Å². The fourth-order valence-corrected chi connectivity index (χ4v) is 3.88. The summed E-state index contributed by atoms with van der Waals surface area (Å²) in [6.45, 7) is 4.36. The zero-order valence-electron chi connectivity index (χ0n) is 12.4. The molecule has 0 aliphatic heterocycles. The largest absolute Gasteiger partial charge is 0.391 e. The Labute approximate surface area is 119 Å². The van der Waals surface area contributed by atoms with Gasteiger partial charge in [-0.1, -0.05) is 20.3 Å². The monoisotopic (exact) mass is 290 g/mol. The molecular weight excluding hydrogens is 265 g/mol.